The van der Waals surface area contributed by atoms with Gasteiger partial charge in [0.2, 0.25) is 5.91 Å². The zero-order chi connectivity index (χ0) is 22.6. The first-order valence-corrected chi connectivity index (χ1v) is 10.3. The molecule has 0 spiro atoms. The number of carboxylic acid groups (broad SMARTS) is 1. The lowest BCUT2D eigenvalue weighted by Gasteiger charge is -2.48. The van der Waals surface area contributed by atoms with Gasteiger partial charge in [0, 0.05) is 39.2 Å². The maximum Gasteiger partial charge on any atom is 0.490 e. The van der Waals surface area contributed by atoms with Gasteiger partial charge in [-0.25, -0.2) is 9.18 Å². The molecule has 0 unspecified atom stereocenters. The number of benzene rings is 1. The number of fused-ring (bicyclic) bond motifs is 1. The molecule has 3 aliphatic heterocycles. The Morgan fingerprint density at radius 3 is 2.42 bits per heavy atom. The molecule has 3 aliphatic rings. The first kappa shape index (κ1) is 23.5. The SMILES string of the molecule is O=C(O)C(F)(F)F.O=C1CCCN1[C@@H]1CN(Cc2ccc(F)cc2)C[C@@H]2CCCO[C@@H]21. The van der Waals surface area contributed by atoms with Gasteiger partial charge in [-0.05, 0) is 42.9 Å². The number of carboxylic acids is 1. The number of carbonyl (C=O) groups is 2. The minimum Gasteiger partial charge on any atom is -0.475 e. The van der Waals surface area contributed by atoms with Crippen molar-refractivity contribution >= 4 is 11.9 Å². The highest BCUT2D eigenvalue weighted by molar-refractivity contribution is 5.78. The fourth-order valence-corrected chi connectivity index (χ4v) is 4.53. The molecular formula is C21H26F4N2O4. The smallest absolute Gasteiger partial charge is 0.475 e. The number of ether oxygens (including phenoxy) is 1. The quantitative estimate of drug-likeness (QED) is 0.723. The van der Waals surface area contributed by atoms with Gasteiger partial charge in [0.25, 0.3) is 0 Å². The predicted molar refractivity (Wildman–Crippen MR) is 103 cm³/mol. The van der Waals surface area contributed by atoms with E-state index < -0.39 is 12.1 Å². The van der Waals surface area contributed by atoms with E-state index in [1.807, 2.05) is 12.1 Å². The number of amides is 1. The van der Waals surface area contributed by atoms with E-state index in [1.165, 1.54) is 18.6 Å². The van der Waals surface area contributed by atoms with Crippen molar-refractivity contribution in [3.63, 3.8) is 0 Å². The minimum atomic E-state index is -5.08. The summed E-state index contributed by atoms with van der Waals surface area (Å²) in [5.74, 6) is -2.19. The molecule has 3 fully saturated rings. The van der Waals surface area contributed by atoms with Crippen molar-refractivity contribution in [2.45, 2.75) is 50.6 Å². The standard InChI is InChI=1S/C19H25FN2O2.C2HF3O2/c20-16-7-5-14(6-8-16)11-21-12-15-3-2-10-24-19(15)17(13-21)22-9-1-4-18(22)23;3-2(4,5)1(6)7/h5-8,15,17,19H,1-4,9-13H2;(H,6,7)/t15-,17+,19-;/m0./s1. The van der Waals surface area contributed by atoms with Gasteiger partial charge in [-0.3, -0.25) is 9.69 Å². The monoisotopic (exact) mass is 446 g/mol. The lowest BCUT2D eigenvalue weighted by Crippen LogP contribution is -2.61. The van der Waals surface area contributed by atoms with Crippen LogP contribution in [0.1, 0.15) is 31.2 Å². The molecule has 10 heteroatoms. The summed E-state index contributed by atoms with van der Waals surface area (Å²) in [5.41, 5.74) is 1.12. The molecule has 6 nitrogen and oxygen atoms in total. The molecule has 1 aromatic carbocycles. The van der Waals surface area contributed by atoms with E-state index in [1.54, 1.807) is 0 Å². The summed E-state index contributed by atoms with van der Waals surface area (Å²) >= 11 is 0. The summed E-state index contributed by atoms with van der Waals surface area (Å²) in [7, 11) is 0. The highest BCUT2D eigenvalue weighted by Gasteiger charge is 2.44. The highest BCUT2D eigenvalue weighted by atomic mass is 19.4. The topological polar surface area (TPSA) is 70.1 Å². The number of nitrogens with zero attached hydrogens (tertiary/aromatic N) is 2. The van der Waals surface area contributed by atoms with Crippen molar-refractivity contribution in [1.29, 1.82) is 0 Å². The Hall–Kier alpha value is -2.20. The number of aliphatic carboxylic acids is 1. The van der Waals surface area contributed by atoms with Gasteiger partial charge in [-0.1, -0.05) is 12.1 Å². The number of alkyl halides is 3. The lowest BCUT2D eigenvalue weighted by atomic mass is 9.84. The maximum atomic E-state index is 13.1. The summed E-state index contributed by atoms with van der Waals surface area (Å²) < 4.78 is 51.0. The van der Waals surface area contributed by atoms with Crippen molar-refractivity contribution in [2.75, 3.05) is 26.2 Å². The molecule has 31 heavy (non-hydrogen) atoms. The second kappa shape index (κ2) is 9.95. The van der Waals surface area contributed by atoms with Crippen LogP contribution in [0, 0.1) is 11.7 Å². The molecule has 4 rings (SSSR count). The summed E-state index contributed by atoms with van der Waals surface area (Å²) in [6.07, 6.45) is -0.989. The van der Waals surface area contributed by atoms with Crippen LogP contribution in [0.2, 0.25) is 0 Å². The summed E-state index contributed by atoms with van der Waals surface area (Å²) in [6.45, 7) is 4.34. The van der Waals surface area contributed by atoms with E-state index in [0.717, 1.165) is 51.2 Å². The molecule has 0 bridgehead atoms. The highest BCUT2D eigenvalue weighted by Crippen LogP contribution is 2.33. The third-order valence-corrected chi connectivity index (χ3v) is 5.88. The average molecular weight is 446 g/mol. The van der Waals surface area contributed by atoms with Gasteiger partial charge in [0.1, 0.15) is 5.82 Å². The van der Waals surface area contributed by atoms with E-state index in [-0.39, 0.29) is 23.9 Å². The van der Waals surface area contributed by atoms with Crippen LogP contribution in [0.4, 0.5) is 17.6 Å². The first-order chi connectivity index (χ1) is 14.6. The zero-order valence-corrected chi connectivity index (χ0v) is 17.0. The second-order valence-corrected chi connectivity index (χ2v) is 8.12. The zero-order valence-electron chi connectivity index (χ0n) is 17.0. The third-order valence-electron chi connectivity index (χ3n) is 5.88. The van der Waals surface area contributed by atoms with Crippen LogP contribution in [0.25, 0.3) is 0 Å². The van der Waals surface area contributed by atoms with Gasteiger partial charge < -0.3 is 14.7 Å². The molecule has 3 atom stereocenters. The molecule has 0 radical (unpaired) electrons. The van der Waals surface area contributed by atoms with E-state index in [9.17, 15) is 22.4 Å². The molecule has 0 saturated carbocycles. The largest absolute Gasteiger partial charge is 0.490 e. The Morgan fingerprint density at radius 2 is 1.84 bits per heavy atom. The first-order valence-electron chi connectivity index (χ1n) is 10.3. The molecule has 1 N–H and O–H groups in total. The maximum absolute atomic E-state index is 13.1. The Morgan fingerprint density at radius 1 is 1.16 bits per heavy atom. The van der Waals surface area contributed by atoms with Crippen LogP contribution in [-0.2, 0) is 20.9 Å². The average Bonchev–Trinajstić information content (AvgIpc) is 3.14. The molecule has 0 aromatic heterocycles. The Balaban J connectivity index is 0.000000339. The molecule has 1 aromatic rings. The Bertz CT molecular complexity index is 772. The van der Waals surface area contributed by atoms with Crippen molar-refractivity contribution in [3.05, 3.63) is 35.6 Å². The molecule has 3 heterocycles. The molecule has 0 aliphatic carbocycles. The molecule has 3 saturated heterocycles. The van der Waals surface area contributed by atoms with E-state index >= 15 is 0 Å². The number of carbonyl (C=O) groups excluding carboxylic acids is 1. The van der Waals surface area contributed by atoms with Crippen molar-refractivity contribution in [1.82, 2.24) is 9.80 Å². The van der Waals surface area contributed by atoms with Gasteiger partial charge >= 0.3 is 12.1 Å². The number of hydrogen-bond acceptors (Lipinski definition) is 4. The normalized spacial score (nSPS) is 26.8. The number of likely N-dealkylation sites (tertiary alicyclic amines) is 2. The second-order valence-electron chi connectivity index (χ2n) is 8.12. The van der Waals surface area contributed by atoms with E-state index in [2.05, 4.69) is 9.80 Å². The van der Waals surface area contributed by atoms with Crippen LogP contribution in [0.5, 0.6) is 0 Å². The fraction of sp³-hybridized carbons (Fsp3) is 0.619. The van der Waals surface area contributed by atoms with Crippen LogP contribution in [0.3, 0.4) is 0 Å². The van der Waals surface area contributed by atoms with Crippen LogP contribution in [-0.4, -0.2) is 71.3 Å². The summed E-state index contributed by atoms with van der Waals surface area (Å²) in [4.78, 5) is 25.6. The van der Waals surface area contributed by atoms with Crippen LogP contribution < -0.4 is 0 Å². The minimum absolute atomic E-state index is 0.166. The number of rotatable bonds is 3. The Kier molecular flexibility index (Phi) is 7.53. The van der Waals surface area contributed by atoms with E-state index in [4.69, 9.17) is 14.6 Å². The third kappa shape index (κ3) is 6.16. The molecule has 1 amide bonds. The summed E-state index contributed by atoms with van der Waals surface area (Å²) in [5, 5.41) is 7.12. The van der Waals surface area contributed by atoms with Crippen molar-refractivity contribution in [2.24, 2.45) is 5.92 Å². The predicted octanol–water partition coefficient (Wildman–Crippen LogP) is 3.06. The Labute approximate surface area is 177 Å². The van der Waals surface area contributed by atoms with Gasteiger partial charge in [-0.2, -0.15) is 13.2 Å². The molecular weight excluding hydrogens is 420 g/mol. The van der Waals surface area contributed by atoms with Gasteiger partial charge in [0.05, 0.1) is 12.1 Å². The van der Waals surface area contributed by atoms with E-state index in [0.29, 0.717) is 12.3 Å². The van der Waals surface area contributed by atoms with Crippen molar-refractivity contribution < 1.29 is 37.0 Å². The lowest BCUT2D eigenvalue weighted by molar-refractivity contribution is -0.192. The van der Waals surface area contributed by atoms with Gasteiger partial charge in [-0.15, -0.1) is 0 Å². The number of halogens is 4. The number of hydrogen-bond donors (Lipinski definition) is 1. The fourth-order valence-electron chi connectivity index (χ4n) is 4.53. The van der Waals surface area contributed by atoms with Gasteiger partial charge in [0.15, 0.2) is 0 Å². The van der Waals surface area contributed by atoms with Crippen molar-refractivity contribution in [3.8, 4) is 0 Å². The van der Waals surface area contributed by atoms with Crippen LogP contribution in [0.15, 0.2) is 24.3 Å². The number of piperidine rings is 1. The molecule has 172 valence electrons. The summed E-state index contributed by atoms with van der Waals surface area (Å²) in [6, 6.07) is 6.92. The van der Waals surface area contributed by atoms with Crippen LogP contribution >= 0.6 is 0 Å².